The third-order valence-corrected chi connectivity index (χ3v) is 7.47. The van der Waals surface area contributed by atoms with E-state index in [1.165, 1.54) is 12.3 Å². The van der Waals surface area contributed by atoms with Gasteiger partial charge in [-0.25, -0.2) is 13.2 Å². The van der Waals surface area contributed by atoms with Gasteiger partial charge in [-0.1, -0.05) is 67.4 Å². The van der Waals surface area contributed by atoms with Gasteiger partial charge in [-0.05, 0) is 42.2 Å². The summed E-state index contributed by atoms with van der Waals surface area (Å²) in [4.78, 5) is 15.4. The number of benzene rings is 3. The van der Waals surface area contributed by atoms with Gasteiger partial charge in [0.05, 0.1) is 4.90 Å². The van der Waals surface area contributed by atoms with Gasteiger partial charge in [-0.3, -0.25) is 5.41 Å². The Labute approximate surface area is 206 Å². The number of sulfone groups is 1. The number of amides is 2. The smallest absolute Gasteiger partial charge is 0.322 e. The second kappa shape index (κ2) is 10.3. The molecule has 0 atom stereocenters. The summed E-state index contributed by atoms with van der Waals surface area (Å²) in [5.41, 5.74) is 8.96. The third-order valence-electron chi connectivity index (χ3n) is 6.33. The molecule has 2 amide bonds. The Morgan fingerprint density at radius 1 is 1.03 bits per heavy atom. The molecule has 3 aromatic carbocycles. The SMILES string of the molecule is CS(=O)(=O)c1cc(NC(=O)N(Cc2cccc(C(=N)N)c2)C2CCCC2)ccc1-c1ccccc1. The van der Waals surface area contributed by atoms with Crippen molar-refractivity contribution in [1.82, 2.24) is 4.90 Å². The first kappa shape index (κ1) is 24.5. The molecule has 1 aliphatic rings. The van der Waals surface area contributed by atoms with Gasteiger partial charge in [0.25, 0.3) is 0 Å². The molecule has 1 fully saturated rings. The van der Waals surface area contributed by atoms with E-state index in [0.29, 0.717) is 23.4 Å². The summed E-state index contributed by atoms with van der Waals surface area (Å²) in [7, 11) is -3.53. The van der Waals surface area contributed by atoms with E-state index in [2.05, 4.69) is 5.32 Å². The number of nitrogens with one attached hydrogen (secondary N) is 2. The minimum absolute atomic E-state index is 0.0180. The molecule has 0 heterocycles. The fourth-order valence-electron chi connectivity index (χ4n) is 4.57. The molecule has 0 saturated heterocycles. The Morgan fingerprint density at radius 2 is 1.74 bits per heavy atom. The summed E-state index contributed by atoms with van der Waals surface area (Å²) in [6, 6.07) is 21.5. The first-order chi connectivity index (χ1) is 16.7. The molecule has 4 N–H and O–H groups in total. The molecular weight excluding hydrogens is 460 g/mol. The number of nitrogens with zero attached hydrogens (tertiary/aromatic N) is 1. The van der Waals surface area contributed by atoms with Gasteiger partial charge in [-0.15, -0.1) is 0 Å². The van der Waals surface area contributed by atoms with E-state index in [4.69, 9.17) is 11.1 Å². The highest BCUT2D eigenvalue weighted by molar-refractivity contribution is 7.90. The minimum atomic E-state index is -3.53. The number of carbonyl (C=O) groups is 1. The lowest BCUT2D eigenvalue weighted by atomic mass is 10.1. The molecular formula is C27H30N4O3S. The molecule has 0 aromatic heterocycles. The van der Waals surface area contributed by atoms with E-state index in [1.54, 1.807) is 23.1 Å². The van der Waals surface area contributed by atoms with E-state index in [9.17, 15) is 13.2 Å². The van der Waals surface area contributed by atoms with Gasteiger partial charge in [-0.2, -0.15) is 0 Å². The highest BCUT2D eigenvalue weighted by Gasteiger charge is 2.27. The molecule has 0 radical (unpaired) electrons. The normalized spacial score (nSPS) is 14.0. The summed E-state index contributed by atoms with van der Waals surface area (Å²) < 4.78 is 25.2. The average Bonchev–Trinajstić information content (AvgIpc) is 3.37. The Kier molecular flexibility index (Phi) is 7.21. The van der Waals surface area contributed by atoms with Crippen LogP contribution in [0.3, 0.4) is 0 Å². The average molecular weight is 491 g/mol. The summed E-state index contributed by atoms with van der Waals surface area (Å²) in [6.45, 7) is 0.374. The second-order valence-corrected chi connectivity index (χ2v) is 10.9. The van der Waals surface area contributed by atoms with Crippen molar-refractivity contribution in [2.24, 2.45) is 5.73 Å². The Morgan fingerprint density at radius 3 is 2.40 bits per heavy atom. The van der Waals surface area contributed by atoms with Crippen LogP contribution in [0.4, 0.5) is 10.5 Å². The molecule has 182 valence electrons. The molecule has 0 unspecified atom stereocenters. The van der Waals surface area contributed by atoms with Crippen molar-refractivity contribution in [3.8, 4) is 11.1 Å². The number of urea groups is 1. The van der Waals surface area contributed by atoms with Crippen LogP contribution >= 0.6 is 0 Å². The third kappa shape index (κ3) is 5.89. The number of nitrogens with two attached hydrogens (primary N) is 1. The van der Waals surface area contributed by atoms with E-state index in [1.807, 2.05) is 48.5 Å². The van der Waals surface area contributed by atoms with Gasteiger partial charge in [0.2, 0.25) is 0 Å². The first-order valence-corrected chi connectivity index (χ1v) is 13.5. The molecule has 0 aliphatic heterocycles. The molecule has 0 spiro atoms. The van der Waals surface area contributed by atoms with Crippen molar-refractivity contribution in [3.05, 3.63) is 83.9 Å². The van der Waals surface area contributed by atoms with E-state index < -0.39 is 9.84 Å². The zero-order chi connectivity index (χ0) is 25.0. The van der Waals surface area contributed by atoms with Crippen LogP contribution in [0, 0.1) is 5.41 Å². The molecule has 1 aliphatic carbocycles. The number of hydrogen-bond acceptors (Lipinski definition) is 4. The number of carbonyl (C=O) groups excluding carboxylic acids is 1. The van der Waals surface area contributed by atoms with Crippen LogP contribution in [0.5, 0.6) is 0 Å². The Bertz CT molecular complexity index is 1330. The maximum Gasteiger partial charge on any atom is 0.322 e. The quantitative estimate of drug-likeness (QED) is 0.318. The Hall–Kier alpha value is -3.65. The van der Waals surface area contributed by atoms with Gasteiger partial charge >= 0.3 is 6.03 Å². The summed E-state index contributed by atoms with van der Waals surface area (Å²) in [6.07, 6.45) is 5.13. The predicted molar refractivity (Wildman–Crippen MR) is 139 cm³/mol. The lowest BCUT2D eigenvalue weighted by Gasteiger charge is -2.29. The van der Waals surface area contributed by atoms with Crippen LogP contribution in [-0.2, 0) is 16.4 Å². The fourth-order valence-corrected chi connectivity index (χ4v) is 5.50. The van der Waals surface area contributed by atoms with Crippen LogP contribution < -0.4 is 11.1 Å². The molecule has 8 heteroatoms. The summed E-state index contributed by atoms with van der Waals surface area (Å²) >= 11 is 0. The topological polar surface area (TPSA) is 116 Å². The standard InChI is InChI=1S/C27H30N4O3S/c1-35(33,34)25-17-22(14-15-24(25)20-9-3-2-4-10-20)30-27(32)31(23-12-5-6-13-23)18-19-8-7-11-21(16-19)26(28)29/h2-4,7-11,14-17,23H,5-6,12-13,18H2,1H3,(H3,28,29)(H,30,32). The van der Waals surface area contributed by atoms with Crippen LogP contribution in [0.2, 0.25) is 0 Å². The summed E-state index contributed by atoms with van der Waals surface area (Å²) in [5, 5.41) is 10.6. The van der Waals surface area contributed by atoms with Crippen molar-refractivity contribution >= 4 is 27.4 Å². The molecule has 35 heavy (non-hydrogen) atoms. The van der Waals surface area contributed by atoms with E-state index in [0.717, 1.165) is 36.8 Å². The largest absolute Gasteiger partial charge is 0.384 e. The van der Waals surface area contributed by atoms with Gasteiger partial charge in [0, 0.05) is 35.7 Å². The lowest BCUT2D eigenvalue weighted by Crippen LogP contribution is -2.41. The van der Waals surface area contributed by atoms with Gasteiger partial charge < -0.3 is 16.0 Å². The van der Waals surface area contributed by atoms with Crippen LogP contribution in [0.15, 0.2) is 77.7 Å². The van der Waals surface area contributed by atoms with Gasteiger partial charge in [0.15, 0.2) is 9.84 Å². The van der Waals surface area contributed by atoms with Crippen LogP contribution in [-0.4, -0.2) is 37.5 Å². The molecule has 3 aromatic rings. The second-order valence-electron chi connectivity index (χ2n) is 8.96. The van der Waals surface area contributed by atoms with E-state index >= 15 is 0 Å². The van der Waals surface area contributed by atoms with Crippen molar-refractivity contribution in [3.63, 3.8) is 0 Å². The number of amidine groups is 1. The van der Waals surface area contributed by atoms with E-state index in [-0.39, 0.29) is 22.8 Å². The number of rotatable bonds is 7. The lowest BCUT2D eigenvalue weighted by molar-refractivity contribution is 0.184. The molecule has 0 bridgehead atoms. The monoisotopic (exact) mass is 490 g/mol. The minimum Gasteiger partial charge on any atom is -0.384 e. The maximum absolute atomic E-state index is 13.4. The predicted octanol–water partition coefficient (Wildman–Crippen LogP) is 5.02. The van der Waals surface area contributed by atoms with Crippen molar-refractivity contribution < 1.29 is 13.2 Å². The number of anilines is 1. The zero-order valence-corrected chi connectivity index (χ0v) is 20.5. The fraction of sp³-hybridized carbons (Fsp3) is 0.259. The van der Waals surface area contributed by atoms with Crippen molar-refractivity contribution in [2.45, 2.75) is 43.2 Å². The highest BCUT2D eigenvalue weighted by atomic mass is 32.2. The first-order valence-electron chi connectivity index (χ1n) is 11.6. The molecule has 7 nitrogen and oxygen atoms in total. The highest BCUT2D eigenvalue weighted by Crippen LogP contribution is 2.31. The number of nitrogen functional groups attached to an aromatic ring is 1. The van der Waals surface area contributed by atoms with Crippen LogP contribution in [0.1, 0.15) is 36.8 Å². The van der Waals surface area contributed by atoms with Crippen molar-refractivity contribution in [2.75, 3.05) is 11.6 Å². The Balaban J connectivity index is 1.62. The van der Waals surface area contributed by atoms with Crippen molar-refractivity contribution in [1.29, 1.82) is 5.41 Å². The van der Waals surface area contributed by atoms with Crippen LogP contribution in [0.25, 0.3) is 11.1 Å². The maximum atomic E-state index is 13.4. The van der Waals surface area contributed by atoms with Gasteiger partial charge in [0.1, 0.15) is 5.84 Å². The molecule has 4 rings (SSSR count). The molecule has 1 saturated carbocycles. The summed E-state index contributed by atoms with van der Waals surface area (Å²) in [5.74, 6) is -0.0180. The zero-order valence-electron chi connectivity index (χ0n) is 19.7. The number of hydrogen-bond donors (Lipinski definition) is 3.